The molecular weight excluding hydrogens is 219 g/mol. The smallest absolute Gasteiger partial charge is 0.233 e. The van der Waals surface area contributed by atoms with Gasteiger partial charge in [-0.3, -0.25) is 4.79 Å². The third-order valence-electron chi connectivity index (χ3n) is 2.47. The summed E-state index contributed by atoms with van der Waals surface area (Å²) in [5, 5.41) is 5.76. The minimum atomic E-state index is -0.195. The highest BCUT2D eigenvalue weighted by Gasteiger charge is 2.08. The number of nitrogens with one attached hydrogen (secondary N) is 2. The van der Waals surface area contributed by atoms with Gasteiger partial charge >= 0.3 is 0 Å². The molecule has 1 rings (SSSR count). The Morgan fingerprint density at radius 2 is 2.12 bits per heavy atom. The molecular formula is C13H19FN2O. The molecule has 0 aromatic heterocycles. The molecule has 0 spiro atoms. The molecule has 0 aliphatic rings. The van der Waals surface area contributed by atoms with E-state index in [2.05, 4.69) is 10.6 Å². The summed E-state index contributed by atoms with van der Waals surface area (Å²) in [7, 11) is 0. The number of amides is 1. The Morgan fingerprint density at radius 3 is 2.76 bits per heavy atom. The SMILES string of the molecule is CCNC(=O)CNC(C)Cc1ccccc1F. The lowest BCUT2D eigenvalue weighted by atomic mass is 10.1. The lowest BCUT2D eigenvalue weighted by Crippen LogP contribution is -2.38. The zero-order valence-corrected chi connectivity index (χ0v) is 10.3. The summed E-state index contributed by atoms with van der Waals surface area (Å²) in [4.78, 5) is 11.2. The molecule has 1 amide bonds. The third kappa shape index (κ3) is 4.95. The fourth-order valence-corrected chi connectivity index (χ4v) is 1.59. The highest BCUT2D eigenvalue weighted by atomic mass is 19.1. The van der Waals surface area contributed by atoms with Gasteiger partial charge in [0.1, 0.15) is 5.82 Å². The second-order valence-electron chi connectivity index (χ2n) is 4.03. The largest absolute Gasteiger partial charge is 0.355 e. The Hall–Kier alpha value is -1.42. The summed E-state index contributed by atoms with van der Waals surface area (Å²) in [6.45, 7) is 4.71. The molecule has 0 bridgehead atoms. The van der Waals surface area contributed by atoms with Crippen LogP contribution >= 0.6 is 0 Å². The van der Waals surface area contributed by atoms with Crippen LogP contribution in [0.4, 0.5) is 4.39 Å². The van der Waals surface area contributed by atoms with Crippen molar-refractivity contribution in [2.45, 2.75) is 26.3 Å². The van der Waals surface area contributed by atoms with Crippen LogP contribution < -0.4 is 10.6 Å². The Bertz CT molecular complexity index is 368. The van der Waals surface area contributed by atoms with E-state index in [1.54, 1.807) is 12.1 Å². The van der Waals surface area contributed by atoms with Crippen molar-refractivity contribution in [1.29, 1.82) is 0 Å². The maximum atomic E-state index is 13.4. The van der Waals surface area contributed by atoms with Crippen LogP contribution in [-0.2, 0) is 11.2 Å². The molecule has 94 valence electrons. The van der Waals surface area contributed by atoms with E-state index in [-0.39, 0.29) is 24.3 Å². The van der Waals surface area contributed by atoms with Crippen molar-refractivity contribution < 1.29 is 9.18 Å². The van der Waals surface area contributed by atoms with Crippen LogP contribution in [0.2, 0.25) is 0 Å². The number of carbonyl (C=O) groups excluding carboxylic acids is 1. The summed E-state index contributed by atoms with van der Waals surface area (Å²) in [5.41, 5.74) is 0.670. The predicted molar refractivity (Wildman–Crippen MR) is 66.3 cm³/mol. The van der Waals surface area contributed by atoms with Crippen LogP contribution in [0.5, 0.6) is 0 Å². The summed E-state index contributed by atoms with van der Waals surface area (Å²) in [6, 6.07) is 6.76. The fraction of sp³-hybridized carbons (Fsp3) is 0.462. The van der Waals surface area contributed by atoms with Crippen molar-refractivity contribution >= 4 is 5.91 Å². The van der Waals surface area contributed by atoms with Gasteiger partial charge in [0, 0.05) is 12.6 Å². The zero-order chi connectivity index (χ0) is 12.7. The molecule has 0 saturated carbocycles. The molecule has 4 heteroatoms. The molecule has 0 radical (unpaired) electrons. The maximum Gasteiger partial charge on any atom is 0.233 e. The summed E-state index contributed by atoms with van der Waals surface area (Å²) >= 11 is 0. The first kappa shape index (κ1) is 13.6. The van der Waals surface area contributed by atoms with Crippen LogP contribution in [0.25, 0.3) is 0 Å². The van der Waals surface area contributed by atoms with Gasteiger partial charge in [-0.15, -0.1) is 0 Å². The molecule has 1 unspecified atom stereocenters. The van der Waals surface area contributed by atoms with Crippen LogP contribution in [0, 0.1) is 5.82 Å². The van der Waals surface area contributed by atoms with E-state index in [1.807, 2.05) is 19.9 Å². The maximum absolute atomic E-state index is 13.4. The number of benzene rings is 1. The van der Waals surface area contributed by atoms with Crippen molar-refractivity contribution in [3.8, 4) is 0 Å². The quantitative estimate of drug-likeness (QED) is 0.788. The van der Waals surface area contributed by atoms with E-state index in [4.69, 9.17) is 0 Å². The number of rotatable bonds is 6. The molecule has 1 aromatic carbocycles. The van der Waals surface area contributed by atoms with Gasteiger partial charge in [-0.1, -0.05) is 18.2 Å². The van der Waals surface area contributed by atoms with E-state index < -0.39 is 0 Å². The molecule has 3 nitrogen and oxygen atoms in total. The van der Waals surface area contributed by atoms with Gasteiger partial charge in [-0.2, -0.15) is 0 Å². The van der Waals surface area contributed by atoms with Crippen LogP contribution in [0.15, 0.2) is 24.3 Å². The minimum absolute atomic E-state index is 0.0344. The number of hydrogen-bond donors (Lipinski definition) is 2. The second kappa shape index (κ2) is 7.01. The topological polar surface area (TPSA) is 41.1 Å². The molecule has 17 heavy (non-hydrogen) atoms. The van der Waals surface area contributed by atoms with Gasteiger partial charge in [-0.25, -0.2) is 4.39 Å². The highest BCUT2D eigenvalue weighted by Crippen LogP contribution is 2.08. The number of halogens is 1. The van der Waals surface area contributed by atoms with E-state index >= 15 is 0 Å². The van der Waals surface area contributed by atoms with Gasteiger partial charge in [-0.05, 0) is 31.9 Å². The monoisotopic (exact) mass is 238 g/mol. The molecule has 0 saturated heterocycles. The molecule has 2 N–H and O–H groups in total. The zero-order valence-electron chi connectivity index (χ0n) is 10.3. The van der Waals surface area contributed by atoms with Crippen LogP contribution in [-0.4, -0.2) is 25.0 Å². The second-order valence-corrected chi connectivity index (χ2v) is 4.03. The van der Waals surface area contributed by atoms with Crippen molar-refractivity contribution in [2.75, 3.05) is 13.1 Å². The van der Waals surface area contributed by atoms with Gasteiger partial charge in [0.2, 0.25) is 5.91 Å². The lowest BCUT2D eigenvalue weighted by Gasteiger charge is -2.13. The Kier molecular flexibility index (Phi) is 5.63. The minimum Gasteiger partial charge on any atom is -0.355 e. The molecule has 0 fully saturated rings. The Balaban J connectivity index is 2.37. The van der Waals surface area contributed by atoms with Crippen molar-refractivity contribution in [2.24, 2.45) is 0 Å². The summed E-state index contributed by atoms with van der Waals surface area (Å²) in [6.07, 6.45) is 0.575. The first-order valence-electron chi connectivity index (χ1n) is 5.87. The van der Waals surface area contributed by atoms with Crippen molar-refractivity contribution in [3.05, 3.63) is 35.6 Å². The average molecular weight is 238 g/mol. The lowest BCUT2D eigenvalue weighted by molar-refractivity contribution is -0.120. The predicted octanol–water partition coefficient (Wildman–Crippen LogP) is 1.48. The van der Waals surface area contributed by atoms with Gasteiger partial charge < -0.3 is 10.6 Å². The van der Waals surface area contributed by atoms with Crippen molar-refractivity contribution in [3.63, 3.8) is 0 Å². The average Bonchev–Trinajstić information content (AvgIpc) is 2.30. The summed E-state index contributed by atoms with van der Waals surface area (Å²) < 4.78 is 13.4. The standard InChI is InChI=1S/C13H19FN2O/c1-3-15-13(17)9-16-10(2)8-11-6-4-5-7-12(11)14/h4-7,10,16H,3,8-9H2,1-2H3,(H,15,17). The molecule has 0 aliphatic heterocycles. The van der Waals surface area contributed by atoms with E-state index in [9.17, 15) is 9.18 Å². The fourth-order valence-electron chi connectivity index (χ4n) is 1.59. The first-order valence-corrected chi connectivity index (χ1v) is 5.87. The van der Waals surface area contributed by atoms with Gasteiger partial charge in [0.25, 0.3) is 0 Å². The molecule has 0 aliphatic carbocycles. The number of likely N-dealkylation sites (N-methyl/N-ethyl adjacent to an activating group) is 1. The third-order valence-corrected chi connectivity index (χ3v) is 2.47. The first-order chi connectivity index (χ1) is 8.13. The van der Waals surface area contributed by atoms with Gasteiger partial charge in [0.15, 0.2) is 0 Å². The summed E-state index contributed by atoms with van der Waals surface area (Å²) in [5.74, 6) is -0.230. The van der Waals surface area contributed by atoms with Crippen LogP contribution in [0.1, 0.15) is 19.4 Å². The molecule has 1 aromatic rings. The van der Waals surface area contributed by atoms with E-state index in [0.717, 1.165) is 0 Å². The van der Waals surface area contributed by atoms with Gasteiger partial charge in [0.05, 0.1) is 6.54 Å². The number of hydrogen-bond acceptors (Lipinski definition) is 2. The Morgan fingerprint density at radius 1 is 1.41 bits per heavy atom. The van der Waals surface area contributed by atoms with Crippen molar-refractivity contribution in [1.82, 2.24) is 10.6 Å². The molecule has 1 atom stereocenters. The molecule has 0 heterocycles. The van der Waals surface area contributed by atoms with E-state index in [0.29, 0.717) is 18.5 Å². The Labute approximate surface area is 101 Å². The van der Waals surface area contributed by atoms with Crippen LogP contribution in [0.3, 0.4) is 0 Å². The normalized spacial score (nSPS) is 12.2. The number of carbonyl (C=O) groups is 1. The highest BCUT2D eigenvalue weighted by molar-refractivity contribution is 5.77. The van der Waals surface area contributed by atoms with E-state index in [1.165, 1.54) is 6.07 Å².